The topological polar surface area (TPSA) is 118 Å². The third kappa shape index (κ3) is 4.39. The number of primary amides is 1. The van der Waals surface area contributed by atoms with Gasteiger partial charge < -0.3 is 26.1 Å². The zero-order valence-electron chi connectivity index (χ0n) is 18.5. The summed E-state index contributed by atoms with van der Waals surface area (Å²) in [4.78, 5) is 28.5. The minimum atomic E-state index is -0.553. The summed E-state index contributed by atoms with van der Waals surface area (Å²) in [5.74, 6) is -0.368. The van der Waals surface area contributed by atoms with Crippen molar-refractivity contribution in [2.24, 2.45) is 5.73 Å². The van der Waals surface area contributed by atoms with Crippen LogP contribution in [0.25, 0.3) is 11.0 Å². The Bertz CT molecular complexity index is 1200. The first kappa shape index (κ1) is 21.3. The molecule has 3 heterocycles. The first-order chi connectivity index (χ1) is 16.0. The Hall–Kier alpha value is -3.52. The van der Waals surface area contributed by atoms with Crippen LogP contribution in [0, 0.1) is 0 Å². The highest BCUT2D eigenvalue weighted by atomic mass is 16.3. The van der Waals surface area contributed by atoms with Gasteiger partial charge in [0.2, 0.25) is 5.91 Å². The van der Waals surface area contributed by atoms with Gasteiger partial charge in [-0.1, -0.05) is 6.42 Å². The number of nitrogens with zero attached hydrogens (tertiary/aromatic N) is 2. The number of amides is 2. The largest absolute Gasteiger partial charge is 0.451 e. The van der Waals surface area contributed by atoms with Gasteiger partial charge in [-0.25, -0.2) is 0 Å². The molecule has 0 saturated carbocycles. The van der Waals surface area contributed by atoms with Crippen molar-refractivity contribution in [3.63, 3.8) is 0 Å². The molecule has 2 aliphatic rings. The van der Waals surface area contributed by atoms with Crippen LogP contribution >= 0.6 is 0 Å². The van der Waals surface area contributed by atoms with E-state index in [-0.39, 0.29) is 17.6 Å². The number of furan rings is 1. The van der Waals surface area contributed by atoms with Gasteiger partial charge in [0.25, 0.3) is 5.91 Å². The first-order valence-corrected chi connectivity index (χ1v) is 11.5. The van der Waals surface area contributed by atoms with Crippen molar-refractivity contribution in [1.29, 1.82) is 0 Å². The number of hydrogen-bond donors (Lipinski definition) is 3. The van der Waals surface area contributed by atoms with Gasteiger partial charge in [0, 0.05) is 48.6 Å². The lowest BCUT2D eigenvalue weighted by Gasteiger charge is -2.36. The van der Waals surface area contributed by atoms with Crippen molar-refractivity contribution in [2.45, 2.75) is 25.2 Å². The van der Waals surface area contributed by atoms with Crippen LogP contribution in [-0.4, -0.2) is 49.4 Å². The number of benzene rings is 2. The third-order valence-electron chi connectivity index (χ3n) is 6.72. The standard InChI is InChI=1S/C25H29N5O3/c26-17-4-6-21-20(15-17)19(25(32)28-21)3-1-2-8-29-9-11-30(12-10-29)18-5-7-22-16(13-18)14-23(33-22)24(27)31/h4-7,13-15,19H,1-3,8-12,26H2,(H2,27,31)(H,28,32). The molecule has 8 nitrogen and oxygen atoms in total. The molecule has 1 aromatic heterocycles. The maximum absolute atomic E-state index is 12.3. The van der Waals surface area contributed by atoms with E-state index in [9.17, 15) is 9.59 Å². The second kappa shape index (κ2) is 8.78. The number of unbranched alkanes of at least 4 members (excludes halogenated alkanes) is 1. The van der Waals surface area contributed by atoms with E-state index in [2.05, 4.69) is 21.2 Å². The van der Waals surface area contributed by atoms with Gasteiger partial charge in [0.05, 0.1) is 5.92 Å². The maximum Gasteiger partial charge on any atom is 0.284 e. The van der Waals surface area contributed by atoms with E-state index in [1.807, 2.05) is 30.3 Å². The van der Waals surface area contributed by atoms with Crippen LogP contribution in [0.4, 0.5) is 17.1 Å². The Morgan fingerprint density at radius 2 is 1.88 bits per heavy atom. The molecule has 2 amide bonds. The predicted molar refractivity (Wildman–Crippen MR) is 129 cm³/mol. The van der Waals surface area contributed by atoms with Crippen LogP contribution in [-0.2, 0) is 4.79 Å². The van der Waals surface area contributed by atoms with E-state index >= 15 is 0 Å². The molecule has 172 valence electrons. The molecule has 33 heavy (non-hydrogen) atoms. The second-order valence-electron chi connectivity index (χ2n) is 8.91. The van der Waals surface area contributed by atoms with Gasteiger partial charge in [-0.2, -0.15) is 0 Å². The highest BCUT2D eigenvalue weighted by Crippen LogP contribution is 2.36. The number of fused-ring (bicyclic) bond motifs is 2. The van der Waals surface area contributed by atoms with E-state index in [0.717, 1.165) is 74.3 Å². The maximum atomic E-state index is 12.3. The van der Waals surface area contributed by atoms with E-state index in [1.165, 1.54) is 0 Å². The molecular formula is C25H29N5O3. The molecule has 1 unspecified atom stereocenters. The Morgan fingerprint density at radius 1 is 1.06 bits per heavy atom. The summed E-state index contributed by atoms with van der Waals surface area (Å²) < 4.78 is 5.48. The minimum Gasteiger partial charge on any atom is -0.451 e. The van der Waals surface area contributed by atoms with Crippen LogP contribution in [0.15, 0.2) is 46.9 Å². The Balaban J connectivity index is 1.09. The Labute approximate surface area is 192 Å². The fourth-order valence-corrected chi connectivity index (χ4v) is 4.89. The number of nitrogens with one attached hydrogen (secondary N) is 1. The number of anilines is 3. The quantitative estimate of drug-likeness (QED) is 0.378. The number of hydrogen-bond acceptors (Lipinski definition) is 6. The first-order valence-electron chi connectivity index (χ1n) is 11.5. The Kier molecular flexibility index (Phi) is 5.68. The average molecular weight is 448 g/mol. The lowest BCUT2D eigenvalue weighted by atomic mass is 9.94. The van der Waals surface area contributed by atoms with E-state index in [4.69, 9.17) is 15.9 Å². The van der Waals surface area contributed by atoms with E-state index in [0.29, 0.717) is 11.3 Å². The summed E-state index contributed by atoms with van der Waals surface area (Å²) in [6.07, 6.45) is 2.92. The second-order valence-corrected chi connectivity index (χ2v) is 8.91. The predicted octanol–water partition coefficient (Wildman–Crippen LogP) is 3.14. The molecule has 0 radical (unpaired) electrons. The molecule has 5 rings (SSSR count). The lowest BCUT2D eigenvalue weighted by molar-refractivity contribution is -0.117. The summed E-state index contributed by atoms with van der Waals surface area (Å²) in [5, 5.41) is 3.86. The zero-order valence-corrected chi connectivity index (χ0v) is 18.5. The van der Waals surface area contributed by atoms with Crippen LogP contribution in [0.3, 0.4) is 0 Å². The van der Waals surface area contributed by atoms with Gasteiger partial charge in [-0.3, -0.25) is 14.5 Å². The monoisotopic (exact) mass is 447 g/mol. The molecule has 0 spiro atoms. The molecule has 2 aliphatic heterocycles. The summed E-state index contributed by atoms with van der Waals surface area (Å²) in [5.41, 5.74) is 15.7. The normalized spacial score (nSPS) is 18.5. The van der Waals surface area contributed by atoms with Crippen LogP contribution in [0.1, 0.15) is 41.3 Å². The average Bonchev–Trinajstić information content (AvgIpc) is 3.37. The number of carbonyl (C=O) groups is 2. The Morgan fingerprint density at radius 3 is 2.67 bits per heavy atom. The lowest BCUT2D eigenvalue weighted by Crippen LogP contribution is -2.46. The van der Waals surface area contributed by atoms with Crippen molar-refractivity contribution < 1.29 is 14.0 Å². The molecular weight excluding hydrogens is 418 g/mol. The summed E-state index contributed by atoms with van der Waals surface area (Å²) in [6.45, 7) is 4.93. The van der Waals surface area contributed by atoms with Gasteiger partial charge >= 0.3 is 0 Å². The molecule has 8 heteroatoms. The van der Waals surface area contributed by atoms with Crippen molar-refractivity contribution in [3.8, 4) is 0 Å². The van der Waals surface area contributed by atoms with Crippen molar-refractivity contribution in [3.05, 3.63) is 53.8 Å². The summed E-state index contributed by atoms with van der Waals surface area (Å²) in [7, 11) is 0. The molecule has 1 fully saturated rings. The number of nitrogen functional groups attached to an aromatic ring is 1. The zero-order chi connectivity index (χ0) is 22.9. The van der Waals surface area contributed by atoms with Crippen molar-refractivity contribution in [2.75, 3.05) is 48.7 Å². The molecule has 1 atom stereocenters. The van der Waals surface area contributed by atoms with Crippen LogP contribution in [0.2, 0.25) is 0 Å². The molecule has 2 aromatic carbocycles. The smallest absolute Gasteiger partial charge is 0.284 e. The fraction of sp³-hybridized carbons (Fsp3) is 0.360. The van der Waals surface area contributed by atoms with Gasteiger partial charge in [-0.05, 0) is 67.4 Å². The SMILES string of the molecule is NC(=O)c1cc2cc(N3CCN(CCCCC4C(=O)Nc5ccc(N)cc54)CC3)ccc2o1. The number of nitrogens with two attached hydrogens (primary N) is 2. The molecule has 0 bridgehead atoms. The van der Waals surface area contributed by atoms with E-state index < -0.39 is 5.91 Å². The fourth-order valence-electron chi connectivity index (χ4n) is 4.89. The summed E-state index contributed by atoms with van der Waals surface area (Å²) in [6, 6.07) is 13.3. The molecule has 5 N–H and O–H groups in total. The van der Waals surface area contributed by atoms with Crippen molar-refractivity contribution in [1.82, 2.24) is 4.90 Å². The van der Waals surface area contributed by atoms with Gasteiger partial charge in [0.15, 0.2) is 5.76 Å². The third-order valence-corrected chi connectivity index (χ3v) is 6.72. The highest BCUT2D eigenvalue weighted by molar-refractivity contribution is 6.03. The molecule has 3 aromatic rings. The number of piperazine rings is 1. The molecule has 0 aliphatic carbocycles. The number of carbonyl (C=O) groups excluding carboxylic acids is 2. The van der Waals surface area contributed by atoms with Crippen LogP contribution < -0.4 is 21.7 Å². The summed E-state index contributed by atoms with van der Waals surface area (Å²) >= 11 is 0. The van der Waals surface area contributed by atoms with Crippen LogP contribution in [0.5, 0.6) is 0 Å². The van der Waals surface area contributed by atoms with E-state index in [1.54, 1.807) is 6.07 Å². The van der Waals surface area contributed by atoms with Gasteiger partial charge in [0.1, 0.15) is 5.58 Å². The van der Waals surface area contributed by atoms with Gasteiger partial charge in [-0.15, -0.1) is 0 Å². The highest BCUT2D eigenvalue weighted by Gasteiger charge is 2.30. The minimum absolute atomic E-state index is 0.0850. The number of rotatable bonds is 7. The van der Waals surface area contributed by atoms with Crippen molar-refractivity contribution >= 4 is 39.8 Å². The molecule has 1 saturated heterocycles.